The molecule has 0 amide bonds. The van der Waals surface area contributed by atoms with Gasteiger partial charge in [-0.05, 0) is 19.3 Å². The van der Waals surface area contributed by atoms with Crippen LogP contribution in [0.1, 0.15) is 26.2 Å². The summed E-state index contributed by atoms with van der Waals surface area (Å²) in [6, 6.07) is 1.84. The van der Waals surface area contributed by atoms with E-state index in [-0.39, 0.29) is 12.7 Å². The summed E-state index contributed by atoms with van der Waals surface area (Å²) in [5, 5.41) is 8.61. The third kappa shape index (κ3) is 4.86. The lowest BCUT2D eigenvalue weighted by atomic mass is 10.1. The summed E-state index contributed by atoms with van der Waals surface area (Å²) in [7, 11) is 0. The van der Waals surface area contributed by atoms with Gasteiger partial charge in [-0.2, -0.15) is 0 Å². The second-order valence-electron chi connectivity index (χ2n) is 4.95. The van der Waals surface area contributed by atoms with Crippen LogP contribution in [-0.4, -0.2) is 53.5 Å². The van der Waals surface area contributed by atoms with Crippen LogP contribution >= 0.6 is 0 Å². The van der Waals surface area contributed by atoms with Crippen molar-refractivity contribution in [1.82, 2.24) is 9.97 Å². The summed E-state index contributed by atoms with van der Waals surface area (Å²) in [5.41, 5.74) is 0. The number of ether oxygens (including phenoxy) is 2. The molecule has 1 N–H and O–H groups in total. The van der Waals surface area contributed by atoms with Gasteiger partial charge in [0.1, 0.15) is 18.8 Å². The highest BCUT2D eigenvalue weighted by molar-refractivity contribution is 5.68. The van der Waals surface area contributed by atoms with Gasteiger partial charge in [0.05, 0.1) is 12.7 Å². The van der Waals surface area contributed by atoms with Gasteiger partial charge in [-0.25, -0.2) is 14.8 Å². The van der Waals surface area contributed by atoms with Crippen LogP contribution in [0.2, 0.25) is 0 Å². The SMILES string of the molecule is CCCOc1cc(N2CCC(OCC(=O)O)CC2)ncn1. The summed E-state index contributed by atoms with van der Waals surface area (Å²) in [4.78, 5) is 21.0. The standard InChI is InChI=1S/C14H21N3O4/c1-2-7-20-13-8-12(15-10-16-13)17-5-3-11(4-6-17)21-9-14(18)19/h8,10-11H,2-7,9H2,1H3,(H,18,19). The van der Waals surface area contributed by atoms with Crippen molar-refractivity contribution >= 4 is 11.8 Å². The van der Waals surface area contributed by atoms with Crippen LogP contribution in [0.3, 0.4) is 0 Å². The molecule has 7 nitrogen and oxygen atoms in total. The Morgan fingerprint density at radius 2 is 2.19 bits per heavy atom. The largest absolute Gasteiger partial charge is 0.480 e. The van der Waals surface area contributed by atoms with Crippen LogP contribution in [0.5, 0.6) is 5.88 Å². The van der Waals surface area contributed by atoms with E-state index in [1.165, 1.54) is 6.33 Å². The molecule has 1 aromatic heterocycles. The fourth-order valence-corrected chi connectivity index (χ4v) is 2.23. The van der Waals surface area contributed by atoms with Crippen molar-refractivity contribution < 1.29 is 19.4 Å². The number of carboxylic acid groups (broad SMARTS) is 1. The minimum atomic E-state index is -0.925. The number of rotatable bonds is 7. The number of hydrogen-bond acceptors (Lipinski definition) is 6. The maximum Gasteiger partial charge on any atom is 0.329 e. The highest BCUT2D eigenvalue weighted by Crippen LogP contribution is 2.21. The Morgan fingerprint density at radius 1 is 1.43 bits per heavy atom. The second kappa shape index (κ2) is 7.78. The van der Waals surface area contributed by atoms with E-state index in [1.54, 1.807) is 0 Å². The minimum Gasteiger partial charge on any atom is -0.480 e. The first-order valence-corrected chi connectivity index (χ1v) is 7.22. The number of carbonyl (C=O) groups is 1. The zero-order valence-corrected chi connectivity index (χ0v) is 12.2. The van der Waals surface area contributed by atoms with Gasteiger partial charge >= 0.3 is 5.97 Å². The van der Waals surface area contributed by atoms with E-state index in [9.17, 15) is 4.79 Å². The number of nitrogens with zero attached hydrogens (tertiary/aromatic N) is 3. The van der Waals surface area contributed by atoms with Crippen molar-refractivity contribution in [1.29, 1.82) is 0 Å². The van der Waals surface area contributed by atoms with Crippen molar-refractivity contribution in [2.75, 3.05) is 31.2 Å². The van der Waals surface area contributed by atoms with E-state index in [0.717, 1.165) is 38.2 Å². The first-order valence-electron chi connectivity index (χ1n) is 7.22. The lowest BCUT2D eigenvalue weighted by Crippen LogP contribution is -2.38. The van der Waals surface area contributed by atoms with E-state index in [4.69, 9.17) is 14.6 Å². The summed E-state index contributed by atoms with van der Waals surface area (Å²) >= 11 is 0. The molecule has 0 saturated carbocycles. The molecule has 0 bridgehead atoms. The van der Waals surface area contributed by atoms with Crippen LogP contribution < -0.4 is 9.64 Å². The molecule has 116 valence electrons. The third-order valence-electron chi connectivity index (χ3n) is 3.29. The first kappa shape index (κ1) is 15.5. The molecule has 1 aromatic rings. The molecular weight excluding hydrogens is 274 g/mol. The maximum absolute atomic E-state index is 10.5. The first-order chi connectivity index (χ1) is 10.2. The van der Waals surface area contributed by atoms with Crippen LogP contribution in [0.4, 0.5) is 5.82 Å². The fraction of sp³-hybridized carbons (Fsp3) is 0.643. The van der Waals surface area contributed by atoms with Crippen molar-refractivity contribution in [2.24, 2.45) is 0 Å². The molecule has 0 aliphatic carbocycles. The van der Waals surface area contributed by atoms with Crippen molar-refractivity contribution in [3.05, 3.63) is 12.4 Å². The van der Waals surface area contributed by atoms with Crippen molar-refractivity contribution in [2.45, 2.75) is 32.3 Å². The van der Waals surface area contributed by atoms with Crippen molar-refractivity contribution in [3.63, 3.8) is 0 Å². The Hall–Kier alpha value is -1.89. The van der Waals surface area contributed by atoms with Gasteiger partial charge in [-0.1, -0.05) is 6.92 Å². The van der Waals surface area contributed by atoms with Crippen LogP contribution in [-0.2, 0) is 9.53 Å². The lowest BCUT2D eigenvalue weighted by molar-refractivity contribution is -0.144. The molecule has 0 radical (unpaired) electrons. The quantitative estimate of drug-likeness (QED) is 0.812. The topological polar surface area (TPSA) is 84.8 Å². The Kier molecular flexibility index (Phi) is 5.74. The Balaban J connectivity index is 1.85. The zero-order valence-electron chi connectivity index (χ0n) is 12.2. The van der Waals surface area contributed by atoms with E-state index in [0.29, 0.717) is 12.5 Å². The van der Waals surface area contributed by atoms with E-state index >= 15 is 0 Å². The molecule has 21 heavy (non-hydrogen) atoms. The molecule has 2 rings (SSSR count). The van der Waals surface area contributed by atoms with Gasteiger partial charge < -0.3 is 19.5 Å². The zero-order chi connectivity index (χ0) is 15.1. The monoisotopic (exact) mass is 295 g/mol. The molecule has 1 fully saturated rings. The maximum atomic E-state index is 10.5. The summed E-state index contributed by atoms with van der Waals surface area (Å²) in [6.45, 7) is 4.03. The number of anilines is 1. The predicted octanol–water partition coefficient (Wildman–Crippen LogP) is 1.34. The Morgan fingerprint density at radius 3 is 2.86 bits per heavy atom. The fourth-order valence-electron chi connectivity index (χ4n) is 2.23. The molecule has 2 heterocycles. The van der Waals surface area contributed by atoms with Crippen LogP contribution in [0.25, 0.3) is 0 Å². The molecule has 0 spiro atoms. The van der Waals surface area contributed by atoms with Crippen molar-refractivity contribution in [3.8, 4) is 5.88 Å². The molecule has 0 atom stereocenters. The van der Waals surface area contributed by atoms with Gasteiger partial charge in [0.15, 0.2) is 0 Å². The number of aliphatic carboxylic acids is 1. The second-order valence-corrected chi connectivity index (χ2v) is 4.95. The van der Waals surface area contributed by atoms with Crippen LogP contribution in [0.15, 0.2) is 12.4 Å². The smallest absolute Gasteiger partial charge is 0.329 e. The summed E-state index contributed by atoms with van der Waals surface area (Å²) in [5.74, 6) is 0.504. The highest BCUT2D eigenvalue weighted by atomic mass is 16.5. The average molecular weight is 295 g/mol. The van der Waals surface area contributed by atoms with Gasteiger partial charge in [0.2, 0.25) is 5.88 Å². The number of aromatic nitrogens is 2. The highest BCUT2D eigenvalue weighted by Gasteiger charge is 2.21. The Bertz CT molecular complexity index is 461. The molecule has 1 aliphatic rings. The summed E-state index contributed by atoms with van der Waals surface area (Å²) in [6.07, 6.45) is 4.04. The number of hydrogen-bond donors (Lipinski definition) is 1. The lowest BCUT2D eigenvalue weighted by Gasteiger charge is -2.32. The van der Waals surface area contributed by atoms with E-state index in [1.807, 2.05) is 13.0 Å². The average Bonchev–Trinajstić information content (AvgIpc) is 2.51. The van der Waals surface area contributed by atoms with Crippen LogP contribution in [0, 0.1) is 0 Å². The number of piperidine rings is 1. The Labute approximate surface area is 123 Å². The predicted molar refractivity (Wildman–Crippen MR) is 76.6 cm³/mol. The summed E-state index contributed by atoms with van der Waals surface area (Å²) < 4.78 is 10.8. The molecular formula is C14H21N3O4. The van der Waals surface area contributed by atoms with E-state index in [2.05, 4.69) is 14.9 Å². The minimum absolute atomic E-state index is 0.00926. The van der Waals surface area contributed by atoms with Gasteiger partial charge in [0.25, 0.3) is 0 Å². The molecule has 1 aliphatic heterocycles. The van der Waals surface area contributed by atoms with E-state index < -0.39 is 5.97 Å². The van der Waals surface area contributed by atoms with Gasteiger partial charge in [-0.3, -0.25) is 0 Å². The molecule has 1 saturated heterocycles. The normalized spacial score (nSPS) is 16.0. The number of carboxylic acids is 1. The molecule has 0 aromatic carbocycles. The molecule has 0 unspecified atom stereocenters. The third-order valence-corrected chi connectivity index (χ3v) is 3.29. The van der Waals surface area contributed by atoms with Gasteiger partial charge in [-0.15, -0.1) is 0 Å². The molecule has 7 heteroatoms. The van der Waals surface area contributed by atoms with Gasteiger partial charge in [0, 0.05) is 19.2 Å².